The molecule has 88 valence electrons. The van der Waals surface area contributed by atoms with Gasteiger partial charge in [0, 0.05) is 24.6 Å². The molecule has 0 bridgehead atoms. The maximum Gasteiger partial charge on any atom is 0.135 e. The second-order valence-electron chi connectivity index (χ2n) is 5.09. The van der Waals surface area contributed by atoms with E-state index >= 15 is 0 Å². The molecule has 2 rings (SSSR count). The van der Waals surface area contributed by atoms with E-state index < -0.39 is 0 Å². The summed E-state index contributed by atoms with van der Waals surface area (Å²) in [4.78, 5) is 8.98. The van der Waals surface area contributed by atoms with Crippen LogP contribution in [0.4, 0.5) is 11.6 Å². The Morgan fingerprint density at radius 3 is 2.38 bits per heavy atom. The molecule has 0 atom stereocenters. The van der Waals surface area contributed by atoms with Crippen LogP contribution in [0.3, 0.4) is 0 Å². The highest BCUT2D eigenvalue weighted by Gasteiger charge is 2.37. The molecule has 0 aliphatic heterocycles. The van der Waals surface area contributed by atoms with Gasteiger partial charge in [0.1, 0.15) is 17.5 Å². The van der Waals surface area contributed by atoms with Crippen molar-refractivity contribution in [1.82, 2.24) is 9.97 Å². The zero-order valence-electron chi connectivity index (χ0n) is 10.5. The summed E-state index contributed by atoms with van der Waals surface area (Å²) in [5, 5.41) is 6.55. The molecule has 0 amide bonds. The lowest BCUT2D eigenvalue weighted by atomic mass is 10.2. The molecular formula is C12H20N4. The molecule has 0 spiro atoms. The summed E-state index contributed by atoms with van der Waals surface area (Å²) in [6.45, 7) is 6.44. The van der Waals surface area contributed by atoms with Crippen LogP contribution in [-0.4, -0.2) is 22.6 Å². The second-order valence-corrected chi connectivity index (χ2v) is 5.09. The summed E-state index contributed by atoms with van der Waals surface area (Å²) in [7, 11) is 1.88. The van der Waals surface area contributed by atoms with Crippen molar-refractivity contribution in [3.05, 3.63) is 11.9 Å². The molecular weight excluding hydrogens is 200 g/mol. The SMILES string of the molecule is CNc1cc(NC2(C)CC2)nc(C(C)C)n1. The molecule has 2 N–H and O–H groups in total. The first-order valence-electron chi connectivity index (χ1n) is 5.87. The van der Waals surface area contributed by atoms with Gasteiger partial charge < -0.3 is 10.6 Å². The highest BCUT2D eigenvalue weighted by atomic mass is 15.1. The van der Waals surface area contributed by atoms with E-state index in [9.17, 15) is 0 Å². The Labute approximate surface area is 96.9 Å². The Hall–Kier alpha value is -1.32. The van der Waals surface area contributed by atoms with E-state index in [4.69, 9.17) is 0 Å². The fourth-order valence-corrected chi connectivity index (χ4v) is 1.54. The number of anilines is 2. The molecule has 0 saturated heterocycles. The van der Waals surface area contributed by atoms with Gasteiger partial charge in [-0.1, -0.05) is 13.8 Å². The second kappa shape index (κ2) is 3.92. The molecule has 1 heterocycles. The lowest BCUT2D eigenvalue weighted by Gasteiger charge is -2.15. The quantitative estimate of drug-likeness (QED) is 0.819. The van der Waals surface area contributed by atoms with Crippen molar-refractivity contribution in [2.75, 3.05) is 17.7 Å². The topological polar surface area (TPSA) is 49.8 Å². The van der Waals surface area contributed by atoms with Crippen molar-refractivity contribution in [1.29, 1.82) is 0 Å². The van der Waals surface area contributed by atoms with E-state index in [1.54, 1.807) is 0 Å². The van der Waals surface area contributed by atoms with E-state index in [-0.39, 0.29) is 5.54 Å². The third-order valence-electron chi connectivity index (χ3n) is 2.95. The van der Waals surface area contributed by atoms with Crippen LogP contribution in [0.1, 0.15) is 45.4 Å². The van der Waals surface area contributed by atoms with E-state index in [0.717, 1.165) is 17.5 Å². The molecule has 1 aliphatic carbocycles. The third-order valence-corrected chi connectivity index (χ3v) is 2.95. The molecule has 4 nitrogen and oxygen atoms in total. The van der Waals surface area contributed by atoms with Gasteiger partial charge >= 0.3 is 0 Å². The van der Waals surface area contributed by atoms with E-state index in [2.05, 4.69) is 41.4 Å². The zero-order chi connectivity index (χ0) is 11.8. The number of hydrogen-bond donors (Lipinski definition) is 2. The van der Waals surface area contributed by atoms with Crippen molar-refractivity contribution in [2.24, 2.45) is 0 Å². The minimum Gasteiger partial charge on any atom is -0.373 e. The van der Waals surface area contributed by atoms with E-state index in [1.165, 1.54) is 12.8 Å². The van der Waals surface area contributed by atoms with Crippen LogP contribution in [0.2, 0.25) is 0 Å². The van der Waals surface area contributed by atoms with Gasteiger partial charge in [-0.2, -0.15) is 0 Å². The Bertz CT molecular complexity index is 383. The zero-order valence-corrected chi connectivity index (χ0v) is 10.5. The van der Waals surface area contributed by atoms with Crippen LogP contribution < -0.4 is 10.6 Å². The van der Waals surface area contributed by atoms with Gasteiger partial charge in [-0.3, -0.25) is 0 Å². The minimum atomic E-state index is 0.258. The van der Waals surface area contributed by atoms with Gasteiger partial charge in [0.25, 0.3) is 0 Å². The maximum atomic E-state index is 4.54. The normalized spacial score (nSPS) is 17.3. The standard InChI is InChI=1S/C12H20N4/c1-8(2)11-14-9(13-4)7-10(15-11)16-12(3)5-6-12/h7-8H,5-6H2,1-4H3,(H2,13,14,15,16). The monoisotopic (exact) mass is 220 g/mol. The fraction of sp³-hybridized carbons (Fsp3) is 0.667. The number of hydrogen-bond acceptors (Lipinski definition) is 4. The molecule has 0 unspecified atom stereocenters. The molecule has 1 fully saturated rings. The summed E-state index contributed by atoms with van der Waals surface area (Å²) >= 11 is 0. The number of nitrogens with zero attached hydrogens (tertiary/aromatic N) is 2. The molecule has 1 aromatic rings. The van der Waals surface area contributed by atoms with Crippen LogP contribution >= 0.6 is 0 Å². The van der Waals surface area contributed by atoms with Gasteiger partial charge in [-0.25, -0.2) is 9.97 Å². The Morgan fingerprint density at radius 1 is 1.25 bits per heavy atom. The molecule has 4 heteroatoms. The number of rotatable bonds is 4. The molecule has 0 aromatic carbocycles. The summed E-state index contributed by atoms with van der Waals surface area (Å²) in [5.41, 5.74) is 0.258. The average molecular weight is 220 g/mol. The van der Waals surface area contributed by atoms with E-state index in [1.807, 2.05) is 13.1 Å². The molecule has 1 aromatic heterocycles. The first-order chi connectivity index (χ1) is 7.52. The predicted molar refractivity (Wildman–Crippen MR) is 66.9 cm³/mol. The fourth-order valence-electron chi connectivity index (χ4n) is 1.54. The maximum absolute atomic E-state index is 4.54. The number of nitrogens with one attached hydrogen (secondary N) is 2. The van der Waals surface area contributed by atoms with Crippen LogP contribution in [0.25, 0.3) is 0 Å². The van der Waals surface area contributed by atoms with Crippen molar-refractivity contribution in [3.8, 4) is 0 Å². The highest BCUT2D eigenvalue weighted by molar-refractivity contribution is 5.49. The lowest BCUT2D eigenvalue weighted by Crippen LogP contribution is -2.18. The lowest BCUT2D eigenvalue weighted by molar-refractivity contribution is 0.763. The summed E-state index contributed by atoms with van der Waals surface area (Å²) in [5.74, 6) is 3.05. The van der Waals surface area contributed by atoms with Crippen molar-refractivity contribution in [3.63, 3.8) is 0 Å². The number of aromatic nitrogens is 2. The highest BCUT2D eigenvalue weighted by Crippen LogP contribution is 2.38. The smallest absolute Gasteiger partial charge is 0.135 e. The summed E-state index contributed by atoms with van der Waals surface area (Å²) < 4.78 is 0. The van der Waals surface area contributed by atoms with Crippen molar-refractivity contribution >= 4 is 11.6 Å². The Balaban J connectivity index is 2.25. The Kier molecular flexibility index (Phi) is 2.74. The van der Waals surface area contributed by atoms with Crippen LogP contribution in [-0.2, 0) is 0 Å². The summed E-state index contributed by atoms with van der Waals surface area (Å²) in [6.07, 6.45) is 2.45. The van der Waals surface area contributed by atoms with Gasteiger partial charge in [0.05, 0.1) is 0 Å². The van der Waals surface area contributed by atoms with Crippen molar-refractivity contribution < 1.29 is 0 Å². The Morgan fingerprint density at radius 2 is 1.88 bits per heavy atom. The molecule has 16 heavy (non-hydrogen) atoms. The van der Waals surface area contributed by atoms with E-state index in [0.29, 0.717) is 5.92 Å². The molecule has 0 radical (unpaired) electrons. The summed E-state index contributed by atoms with van der Waals surface area (Å²) in [6, 6.07) is 1.97. The van der Waals surface area contributed by atoms with Gasteiger partial charge in [0.2, 0.25) is 0 Å². The predicted octanol–water partition coefficient (Wildman–Crippen LogP) is 2.61. The van der Waals surface area contributed by atoms with Gasteiger partial charge in [0.15, 0.2) is 0 Å². The van der Waals surface area contributed by atoms with Crippen LogP contribution in [0, 0.1) is 0 Å². The largest absolute Gasteiger partial charge is 0.373 e. The van der Waals surface area contributed by atoms with Crippen molar-refractivity contribution in [2.45, 2.75) is 45.1 Å². The third kappa shape index (κ3) is 2.43. The minimum absolute atomic E-state index is 0.258. The first kappa shape index (κ1) is 11.2. The van der Waals surface area contributed by atoms with Gasteiger partial charge in [-0.05, 0) is 19.8 Å². The average Bonchev–Trinajstić information content (AvgIpc) is 2.95. The van der Waals surface area contributed by atoms with Gasteiger partial charge in [-0.15, -0.1) is 0 Å². The first-order valence-corrected chi connectivity index (χ1v) is 5.87. The molecule has 1 saturated carbocycles. The van der Waals surface area contributed by atoms with Crippen LogP contribution in [0.15, 0.2) is 6.07 Å². The van der Waals surface area contributed by atoms with Crippen LogP contribution in [0.5, 0.6) is 0 Å². The molecule has 1 aliphatic rings.